The van der Waals surface area contributed by atoms with Crippen LogP contribution in [0, 0.1) is 48.8 Å². The van der Waals surface area contributed by atoms with Gasteiger partial charge in [0.1, 0.15) is 75.2 Å². The van der Waals surface area contributed by atoms with E-state index in [4.69, 9.17) is 50.1 Å². The van der Waals surface area contributed by atoms with Crippen LogP contribution in [-0.4, -0.2) is 158 Å². The summed E-state index contributed by atoms with van der Waals surface area (Å²) in [6, 6.07) is 10.1. The highest BCUT2D eigenvalue weighted by Gasteiger charge is 2.43. The summed E-state index contributed by atoms with van der Waals surface area (Å²) >= 11 is 6.14. The van der Waals surface area contributed by atoms with Crippen molar-refractivity contribution < 1.29 is 74.4 Å². The summed E-state index contributed by atoms with van der Waals surface area (Å²) in [6.07, 6.45) is 2.17. The number of benzene rings is 4. The number of aromatic nitrogens is 6. The fourth-order valence-corrected chi connectivity index (χ4v) is 12.5. The highest BCUT2D eigenvalue weighted by molar-refractivity contribution is 6.59. The molecule has 0 spiro atoms. The smallest absolute Gasteiger partial charge is 0.495 e. The molecule has 0 radical (unpaired) electrons. The molecular weight excluding hydrogens is 1310 g/mol. The van der Waals surface area contributed by atoms with Crippen LogP contribution in [0.4, 0.5) is 47.6 Å². The maximum absolute atomic E-state index is 17.3. The Morgan fingerprint density at radius 3 is 1.45 bits per heavy atom. The van der Waals surface area contributed by atoms with Crippen molar-refractivity contribution in [2.24, 2.45) is 0 Å². The maximum Gasteiger partial charge on any atom is 0.495 e. The Hall–Kier alpha value is -9.35. The van der Waals surface area contributed by atoms with Gasteiger partial charge in [0, 0.05) is 51.7 Å². The van der Waals surface area contributed by atoms with Gasteiger partial charge in [-0.3, -0.25) is 19.1 Å². The number of halogens is 7. The molecule has 8 heterocycles. The Kier molecular flexibility index (Phi) is 20.3. The fourth-order valence-electron chi connectivity index (χ4n) is 12.4. The van der Waals surface area contributed by atoms with E-state index in [-0.39, 0.29) is 126 Å². The first-order valence-electron chi connectivity index (χ1n) is 31.5. The molecule has 98 heavy (non-hydrogen) atoms. The average Bonchev–Trinajstić information content (AvgIpc) is 1.25. The van der Waals surface area contributed by atoms with Crippen LogP contribution in [0.2, 0.25) is 5.02 Å². The minimum Gasteiger partial charge on any atom is -0.497 e. The van der Waals surface area contributed by atoms with E-state index in [9.17, 15) is 23.6 Å². The van der Waals surface area contributed by atoms with Gasteiger partial charge in [0.05, 0.1) is 76.4 Å². The van der Waals surface area contributed by atoms with Crippen LogP contribution in [0.5, 0.6) is 23.0 Å². The number of rotatable bonds is 8. The van der Waals surface area contributed by atoms with E-state index in [1.54, 1.807) is 89.7 Å². The Morgan fingerprint density at radius 1 is 0.602 bits per heavy atom. The minimum atomic E-state index is -1.85. The first kappa shape index (κ1) is 71.4. The molecule has 2 N–H and O–H groups in total. The Labute approximate surface area is 565 Å². The Balaban J connectivity index is 0.000000184. The van der Waals surface area contributed by atoms with Crippen molar-refractivity contribution in [1.29, 1.82) is 0 Å². The van der Waals surface area contributed by atoms with Gasteiger partial charge in [-0.2, -0.15) is 9.97 Å². The topological polar surface area (TPSA) is 238 Å². The molecule has 4 aliphatic rings. The van der Waals surface area contributed by atoms with Crippen molar-refractivity contribution >= 4 is 69.8 Å². The average molecular weight is 1380 g/mol. The number of anilines is 2. The van der Waals surface area contributed by atoms with Gasteiger partial charge in [-0.15, -0.1) is 0 Å². The second kappa shape index (κ2) is 27.9. The number of methoxy groups -OCH3 is 2. The number of aryl methyl sites for hydroxylation is 2. The number of fused-ring (bicyclic) bond motifs is 4. The lowest BCUT2D eigenvalue weighted by Gasteiger charge is -2.41. The van der Waals surface area contributed by atoms with Gasteiger partial charge in [-0.1, -0.05) is 51.4 Å². The third-order valence-corrected chi connectivity index (χ3v) is 17.0. The quantitative estimate of drug-likeness (QED) is 0.0817. The van der Waals surface area contributed by atoms with Gasteiger partial charge in [0.2, 0.25) is 0 Å². The highest BCUT2D eigenvalue weighted by atomic mass is 35.5. The fraction of sp³-hybridized carbons (Fsp3) is 0.412. The van der Waals surface area contributed by atoms with Gasteiger partial charge in [0.15, 0.2) is 34.8 Å². The summed E-state index contributed by atoms with van der Waals surface area (Å²) in [6.45, 7) is 22.6. The van der Waals surface area contributed by atoms with Crippen molar-refractivity contribution in [2.75, 3.05) is 76.5 Å². The molecule has 0 unspecified atom stereocenters. The van der Waals surface area contributed by atoms with Crippen molar-refractivity contribution in [2.45, 2.75) is 118 Å². The molecule has 4 aliphatic heterocycles. The summed E-state index contributed by atoms with van der Waals surface area (Å²) in [4.78, 5) is 77.8. The molecule has 2 amide bonds. The highest BCUT2D eigenvalue weighted by Crippen LogP contribution is 2.49. The lowest BCUT2D eigenvalue weighted by molar-refractivity contribution is 0.0191. The predicted octanol–water partition coefficient (Wildman–Crippen LogP) is 10.6. The summed E-state index contributed by atoms with van der Waals surface area (Å²) in [5.74, 6) is -7.08. The molecule has 4 aromatic carbocycles. The van der Waals surface area contributed by atoms with Gasteiger partial charge in [-0.05, 0) is 115 Å². The monoisotopic (exact) mass is 1380 g/mol. The number of pyridine rings is 2. The first-order chi connectivity index (χ1) is 46.2. The molecule has 2 fully saturated rings. The van der Waals surface area contributed by atoms with E-state index >= 15 is 22.0 Å². The van der Waals surface area contributed by atoms with Crippen LogP contribution < -0.4 is 45.6 Å². The summed E-state index contributed by atoms with van der Waals surface area (Å²) in [5.41, 5.74) is -2.12. The molecule has 30 heteroatoms. The van der Waals surface area contributed by atoms with Crippen LogP contribution >= 0.6 is 11.6 Å². The third kappa shape index (κ3) is 13.5. The zero-order valence-corrected chi connectivity index (χ0v) is 57.2. The van der Waals surface area contributed by atoms with E-state index in [0.717, 1.165) is 21.3 Å². The maximum atomic E-state index is 17.3. The Bertz CT molecular complexity index is 4590. The van der Waals surface area contributed by atoms with E-state index in [1.807, 2.05) is 27.7 Å². The number of hydrogen-bond donors (Lipinski definition) is 2. The number of ether oxygens (including phenoxy) is 6. The van der Waals surface area contributed by atoms with Crippen molar-refractivity contribution in [1.82, 2.24) is 38.9 Å². The molecule has 0 bridgehead atoms. The van der Waals surface area contributed by atoms with E-state index in [0.29, 0.717) is 28.2 Å². The summed E-state index contributed by atoms with van der Waals surface area (Å²) < 4.78 is 129. The van der Waals surface area contributed by atoms with Crippen LogP contribution in [0.15, 0.2) is 70.5 Å². The number of nitrogens with zero attached hydrogens (tertiary/aromatic N) is 10. The normalized spacial score (nSPS) is 15.8. The van der Waals surface area contributed by atoms with E-state index in [2.05, 4.69) is 19.9 Å². The zero-order chi connectivity index (χ0) is 71.5. The third-order valence-electron chi connectivity index (χ3n) is 16.7. The SMILES string of the molecule is COc1cccc(F)c1-c1c(F)c2c3c(nc(=O)n(-c4c(C)ccnc4C(C)C)c3c1F)N1CCN(C(=O)OC(C)(C)C)C[C@@H]1CO2.COc1cccc(F)c1B(O)O.Cc1ccnc(C(C)C)c1-n1c(=O)nc2c3c(c(F)c(Cl)c(F)c31)OC[C@H]1CN(C(=O)OC(C)(C)C)CCN21. The molecule has 2 saturated heterocycles. The molecule has 520 valence electrons. The minimum absolute atomic E-state index is 0.0000719. The molecule has 2 atom stereocenters. The number of piperazine rings is 2. The zero-order valence-electron chi connectivity index (χ0n) is 56.4. The molecule has 8 aromatic rings. The van der Waals surface area contributed by atoms with E-state index < -0.39 is 111 Å². The van der Waals surface area contributed by atoms with Crippen molar-refractivity contribution in [3.63, 3.8) is 0 Å². The van der Waals surface area contributed by atoms with Gasteiger partial charge in [0.25, 0.3) is 0 Å². The standard InChI is InChI=1S/C34H36F3N5O5.C27H30ClF2N5O4.C7H8BFO3/c1-17(2)27-28(18(3)11-12-38-27)42-29-24-30(26(37)23(25(29)36)22-20(35)9-8-10-21(22)45-7)46-16-19-15-40(33(44)47-34(4,5)6)13-14-41(19)31(24)39-32(42)43;1-13(2)20-21(14(3)7-8-31-20)35-22-16-23(19(30)17(28)18(22)29)38-12-15-11-33(26(37)39-27(4,5)6)9-10-34(15)24(16)32-25(35)36;1-12-6-4-2-3-5(9)7(6)8(10)11/h8-12,17,19H,13-16H2,1-7H3;7-8,13,15H,9-12H2,1-6H3;2-4,10-11H,1H3/t19-;15-;/m11./s1. The van der Waals surface area contributed by atoms with Gasteiger partial charge in [-0.25, -0.2) is 45.5 Å². The lowest BCUT2D eigenvalue weighted by Crippen LogP contribution is -2.57. The van der Waals surface area contributed by atoms with Gasteiger partial charge >= 0.3 is 30.7 Å². The first-order valence-corrected chi connectivity index (χ1v) is 31.9. The summed E-state index contributed by atoms with van der Waals surface area (Å²) in [5, 5.41) is 16.6. The number of amides is 2. The second-order valence-electron chi connectivity index (χ2n) is 26.4. The number of carbonyl (C=O) groups excluding carboxylic acids is 2. The van der Waals surface area contributed by atoms with Crippen LogP contribution in [0.3, 0.4) is 0 Å². The molecule has 0 saturated carbocycles. The van der Waals surface area contributed by atoms with Crippen LogP contribution in [0.25, 0.3) is 44.3 Å². The summed E-state index contributed by atoms with van der Waals surface area (Å²) in [7, 11) is 0.753. The van der Waals surface area contributed by atoms with Gasteiger partial charge < -0.3 is 58.1 Å². The van der Waals surface area contributed by atoms with Crippen LogP contribution in [-0.2, 0) is 9.47 Å². The number of carbonyl (C=O) groups is 2. The molecule has 12 rings (SSSR count). The largest absolute Gasteiger partial charge is 0.497 e. The van der Waals surface area contributed by atoms with Crippen LogP contribution in [0.1, 0.15) is 104 Å². The van der Waals surface area contributed by atoms with E-state index in [1.165, 1.54) is 48.3 Å². The lowest BCUT2D eigenvalue weighted by atomic mass is 9.79. The molecule has 4 aromatic heterocycles. The van der Waals surface area contributed by atoms with Crippen molar-refractivity contribution in [3.8, 4) is 45.5 Å². The molecule has 22 nitrogen and oxygen atoms in total. The second-order valence-corrected chi connectivity index (χ2v) is 26.8. The number of hydrogen-bond acceptors (Lipinski definition) is 18. The molecule has 0 aliphatic carbocycles. The predicted molar refractivity (Wildman–Crippen MR) is 356 cm³/mol. The van der Waals surface area contributed by atoms with Crippen molar-refractivity contribution in [3.05, 3.63) is 144 Å². The molecular formula is C68H74BClF6N10O12. The Morgan fingerprint density at radius 2 is 1.03 bits per heavy atom.